The van der Waals surface area contributed by atoms with Gasteiger partial charge in [0, 0.05) is 12.4 Å². The molecule has 0 spiro atoms. The van der Waals surface area contributed by atoms with Gasteiger partial charge in [0.25, 0.3) is 0 Å². The summed E-state index contributed by atoms with van der Waals surface area (Å²) < 4.78 is 18.0. The third kappa shape index (κ3) is 6.67. The Balaban J connectivity index is 2.17. The highest BCUT2D eigenvalue weighted by Crippen LogP contribution is 2.18. The van der Waals surface area contributed by atoms with Gasteiger partial charge in [-0.15, -0.1) is 0 Å². The number of carboxylic acids is 1. The number of aliphatic carboxylic acids is 1. The van der Waals surface area contributed by atoms with Crippen molar-refractivity contribution in [3.05, 3.63) is 70.5 Å². The third-order valence-corrected chi connectivity index (χ3v) is 3.97. The van der Waals surface area contributed by atoms with Crippen LogP contribution in [0.2, 0.25) is 0 Å². The van der Waals surface area contributed by atoms with Crippen LogP contribution in [0.3, 0.4) is 0 Å². The van der Waals surface area contributed by atoms with Gasteiger partial charge in [-0.05, 0) is 67.0 Å². The summed E-state index contributed by atoms with van der Waals surface area (Å²) in [5, 5.41) is 10.7. The molecule has 138 valence electrons. The molecule has 0 aromatic heterocycles. The Morgan fingerprint density at radius 1 is 0.923 bits per heavy atom. The highest BCUT2D eigenvalue weighted by atomic mass is 19.1. The van der Waals surface area contributed by atoms with E-state index in [1.165, 1.54) is 12.1 Å². The van der Waals surface area contributed by atoms with Crippen LogP contribution >= 0.6 is 0 Å². The fourth-order valence-corrected chi connectivity index (χ4v) is 2.79. The van der Waals surface area contributed by atoms with Gasteiger partial charge in [-0.25, -0.2) is 4.39 Å². The second kappa shape index (κ2) is 9.70. The van der Waals surface area contributed by atoms with Crippen LogP contribution in [0.25, 0.3) is 0 Å². The molecular weight excluding hydrogens is 335 g/mol. The molecule has 0 bridgehead atoms. The highest BCUT2D eigenvalue weighted by molar-refractivity contribution is 5.69. The fourth-order valence-electron chi connectivity index (χ4n) is 2.79. The van der Waals surface area contributed by atoms with Crippen LogP contribution in [-0.4, -0.2) is 18.5 Å². The lowest BCUT2D eigenvalue weighted by Gasteiger charge is -2.11. The second-order valence-electron chi connectivity index (χ2n) is 6.14. The first-order chi connectivity index (χ1) is 12.5. The molecule has 0 unspecified atom stereocenters. The maximum absolute atomic E-state index is 13.1. The number of halogens is 1. The largest absolute Gasteiger partial charge is 0.550 e. The van der Waals surface area contributed by atoms with E-state index in [2.05, 4.69) is 0 Å². The monoisotopic (exact) mass is 357 g/mol. The van der Waals surface area contributed by atoms with Crippen molar-refractivity contribution in [1.82, 2.24) is 0 Å². The van der Waals surface area contributed by atoms with Gasteiger partial charge in [-0.2, -0.15) is 0 Å². The molecule has 0 atom stereocenters. The number of ether oxygens (including phenoxy) is 1. The lowest BCUT2D eigenvalue weighted by Crippen LogP contribution is -2.22. The molecule has 0 radical (unpaired) electrons. The number of rotatable bonds is 9. The average molecular weight is 357 g/mol. The van der Waals surface area contributed by atoms with E-state index >= 15 is 0 Å². The average Bonchev–Trinajstić information content (AvgIpc) is 2.60. The Labute approximate surface area is 152 Å². The van der Waals surface area contributed by atoms with Crippen LogP contribution in [0.4, 0.5) is 4.39 Å². The van der Waals surface area contributed by atoms with Gasteiger partial charge in [0.1, 0.15) is 5.82 Å². The first kappa shape index (κ1) is 19.6. The summed E-state index contributed by atoms with van der Waals surface area (Å²) in [7, 11) is 0. The molecule has 2 aromatic carbocycles. The summed E-state index contributed by atoms with van der Waals surface area (Å²) >= 11 is 0. The molecule has 0 heterocycles. The van der Waals surface area contributed by atoms with E-state index in [-0.39, 0.29) is 24.6 Å². The van der Waals surface area contributed by atoms with Gasteiger partial charge in [-0.1, -0.05) is 30.3 Å². The molecular formula is C21H22FO4-. The van der Waals surface area contributed by atoms with Crippen molar-refractivity contribution in [2.75, 3.05) is 6.61 Å². The Bertz CT molecular complexity index is 753. The van der Waals surface area contributed by atoms with Crippen molar-refractivity contribution in [2.24, 2.45) is 0 Å². The number of carbonyl (C=O) groups excluding carboxylic acids is 2. The molecule has 0 saturated heterocycles. The molecule has 26 heavy (non-hydrogen) atoms. The van der Waals surface area contributed by atoms with E-state index in [4.69, 9.17) is 4.74 Å². The zero-order chi connectivity index (χ0) is 18.9. The summed E-state index contributed by atoms with van der Waals surface area (Å²) in [4.78, 5) is 22.3. The molecule has 0 amide bonds. The Kier molecular flexibility index (Phi) is 7.33. The van der Waals surface area contributed by atoms with Crippen LogP contribution in [0.15, 0.2) is 42.5 Å². The van der Waals surface area contributed by atoms with Crippen LogP contribution in [0.5, 0.6) is 0 Å². The standard InChI is InChI=1S/C21H23FO4/c1-2-26-21(25)10-6-17-12-16(5-9-20(23)24)13-18(14-17)11-15-3-7-19(22)8-4-15/h3-4,7-8,12-14H,2,5-6,9-11H2,1H3,(H,23,24)/p-1. The summed E-state index contributed by atoms with van der Waals surface area (Å²) in [6.07, 6.45) is 1.71. The summed E-state index contributed by atoms with van der Waals surface area (Å²) in [6.45, 7) is 2.11. The summed E-state index contributed by atoms with van der Waals surface area (Å²) in [5.41, 5.74) is 3.78. The molecule has 0 saturated carbocycles. The predicted molar refractivity (Wildman–Crippen MR) is 93.9 cm³/mol. The third-order valence-electron chi connectivity index (χ3n) is 3.97. The van der Waals surface area contributed by atoms with Gasteiger partial charge in [0.2, 0.25) is 0 Å². The van der Waals surface area contributed by atoms with Gasteiger partial charge in [0.05, 0.1) is 6.61 Å². The SMILES string of the molecule is CCOC(=O)CCc1cc(CCC(=O)[O-])cc(Cc2ccc(F)cc2)c1. The molecule has 0 aliphatic carbocycles. The van der Waals surface area contributed by atoms with E-state index in [9.17, 15) is 19.1 Å². The summed E-state index contributed by atoms with van der Waals surface area (Å²) in [5.74, 6) is -1.64. The number of hydrogen-bond donors (Lipinski definition) is 0. The molecule has 0 aliphatic rings. The Morgan fingerprint density at radius 3 is 2.08 bits per heavy atom. The minimum atomic E-state index is -1.10. The lowest BCUT2D eigenvalue weighted by atomic mass is 9.96. The molecule has 0 N–H and O–H groups in total. The Morgan fingerprint density at radius 2 is 1.50 bits per heavy atom. The van der Waals surface area contributed by atoms with Crippen LogP contribution in [0.1, 0.15) is 42.0 Å². The quantitative estimate of drug-likeness (QED) is 0.647. The minimum Gasteiger partial charge on any atom is -0.550 e. The minimum absolute atomic E-state index is 0.0582. The van der Waals surface area contributed by atoms with Crippen molar-refractivity contribution in [3.8, 4) is 0 Å². The molecule has 2 rings (SSSR count). The van der Waals surface area contributed by atoms with Gasteiger partial charge in [0.15, 0.2) is 0 Å². The van der Waals surface area contributed by atoms with E-state index in [1.54, 1.807) is 19.1 Å². The van der Waals surface area contributed by atoms with Crippen molar-refractivity contribution in [3.63, 3.8) is 0 Å². The van der Waals surface area contributed by atoms with E-state index in [0.717, 1.165) is 22.3 Å². The first-order valence-electron chi connectivity index (χ1n) is 8.68. The topological polar surface area (TPSA) is 66.4 Å². The molecule has 0 fully saturated rings. The predicted octanol–water partition coefficient (Wildman–Crippen LogP) is 2.59. The molecule has 5 heteroatoms. The van der Waals surface area contributed by atoms with E-state index in [1.807, 2.05) is 18.2 Å². The maximum atomic E-state index is 13.1. The van der Waals surface area contributed by atoms with Gasteiger partial charge in [-0.3, -0.25) is 4.79 Å². The lowest BCUT2D eigenvalue weighted by molar-refractivity contribution is -0.305. The normalized spacial score (nSPS) is 10.5. The number of aryl methyl sites for hydroxylation is 2. The van der Waals surface area contributed by atoms with Gasteiger partial charge < -0.3 is 14.6 Å². The first-order valence-corrected chi connectivity index (χ1v) is 8.68. The van der Waals surface area contributed by atoms with Crippen LogP contribution in [0, 0.1) is 5.82 Å². The number of carboxylic acid groups (broad SMARTS) is 1. The number of benzene rings is 2. The number of hydrogen-bond acceptors (Lipinski definition) is 4. The van der Waals surface area contributed by atoms with E-state index < -0.39 is 5.97 Å². The molecule has 4 nitrogen and oxygen atoms in total. The van der Waals surface area contributed by atoms with E-state index in [0.29, 0.717) is 25.9 Å². The van der Waals surface area contributed by atoms with Gasteiger partial charge >= 0.3 is 5.97 Å². The Hall–Kier alpha value is -2.69. The zero-order valence-electron chi connectivity index (χ0n) is 14.8. The second-order valence-corrected chi connectivity index (χ2v) is 6.14. The van der Waals surface area contributed by atoms with Crippen molar-refractivity contribution < 1.29 is 23.8 Å². The smallest absolute Gasteiger partial charge is 0.306 e. The van der Waals surface area contributed by atoms with Crippen LogP contribution < -0.4 is 5.11 Å². The fraction of sp³-hybridized carbons (Fsp3) is 0.333. The van der Waals surface area contributed by atoms with Crippen molar-refractivity contribution in [2.45, 2.75) is 39.0 Å². The molecule has 2 aromatic rings. The van der Waals surface area contributed by atoms with Crippen LogP contribution in [-0.2, 0) is 33.6 Å². The number of esters is 1. The highest BCUT2D eigenvalue weighted by Gasteiger charge is 2.07. The van der Waals surface area contributed by atoms with Crippen molar-refractivity contribution in [1.29, 1.82) is 0 Å². The maximum Gasteiger partial charge on any atom is 0.306 e. The summed E-state index contributed by atoms with van der Waals surface area (Å²) in [6, 6.07) is 12.1. The zero-order valence-corrected chi connectivity index (χ0v) is 14.8. The number of carbonyl (C=O) groups is 2. The molecule has 0 aliphatic heterocycles. The van der Waals surface area contributed by atoms with Crippen molar-refractivity contribution >= 4 is 11.9 Å².